The molecule has 1 N–H and O–H groups in total. The Kier molecular flexibility index (Phi) is 5.99. The van der Waals surface area contributed by atoms with Crippen LogP contribution in [0.15, 0.2) is 78.0 Å². The highest BCUT2D eigenvalue weighted by Crippen LogP contribution is 2.26. The zero-order chi connectivity index (χ0) is 20.9. The van der Waals surface area contributed by atoms with Crippen molar-refractivity contribution >= 4 is 34.4 Å². The number of amides is 1. The maximum atomic E-state index is 13.6. The summed E-state index contributed by atoms with van der Waals surface area (Å²) < 4.78 is 20.8. The topological polar surface area (TPSA) is 56.1 Å². The number of imidazole rings is 1. The third kappa shape index (κ3) is 4.63. The fourth-order valence-electron chi connectivity index (χ4n) is 3.14. The van der Waals surface area contributed by atoms with Crippen LogP contribution in [0.1, 0.15) is 5.56 Å². The Labute approximate surface area is 177 Å². The molecule has 1 amide bonds. The molecule has 30 heavy (non-hydrogen) atoms. The van der Waals surface area contributed by atoms with Crippen LogP contribution in [-0.2, 0) is 11.3 Å². The van der Waals surface area contributed by atoms with Crippen molar-refractivity contribution in [3.8, 4) is 5.75 Å². The number of hydrogen-bond donors (Lipinski definition) is 1. The van der Waals surface area contributed by atoms with Crippen LogP contribution in [0.2, 0.25) is 0 Å². The number of halogens is 1. The number of hydrogen-bond acceptors (Lipinski definition) is 4. The van der Waals surface area contributed by atoms with Crippen LogP contribution < -0.4 is 10.1 Å². The highest BCUT2D eigenvalue weighted by molar-refractivity contribution is 7.99. The van der Waals surface area contributed by atoms with Gasteiger partial charge in [-0.1, -0.05) is 36.0 Å². The number of anilines is 1. The number of carbonyl (C=O) groups is 1. The smallest absolute Gasteiger partial charge is 0.234 e. The number of nitrogens with one attached hydrogen (secondary N) is 1. The predicted octanol–water partition coefficient (Wildman–Crippen LogP) is 4.96. The molecule has 0 bridgehead atoms. The monoisotopic (exact) mass is 421 g/mol. The van der Waals surface area contributed by atoms with Crippen LogP contribution in [0, 0.1) is 5.82 Å². The molecule has 0 spiro atoms. The second kappa shape index (κ2) is 9.00. The first kappa shape index (κ1) is 20.0. The van der Waals surface area contributed by atoms with E-state index in [-0.39, 0.29) is 17.5 Å². The summed E-state index contributed by atoms with van der Waals surface area (Å²) in [7, 11) is 1.60. The first-order chi connectivity index (χ1) is 14.6. The van der Waals surface area contributed by atoms with Crippen molar-refractivity contribution in [1.82, 2.24) is 9.55 Å². The van der Waals surface area contributed by atoms with E-state index in [0.717, 1.165) is 22.3 Å². The molecule has 0 fully saturated rings. The number of carbonyl (C=O) groups excluding carboxylic acids is 1. The molecule has 7 heteroatoms. The number of aromatic nitrogens is 2. The molecule has 3 aromatic carbocycles. The van der Waals surface area contributed by atoms with Gasteiger partial charge in [-0.3, -0.25) is 4.79 Å². The standard InChI is InChI=1S/C23H20FN3O2S/c1-29-19-11-9-18(10-12-19)25-22(28)15-30-23-26-20-7-2-3-8-21(20)27(23)14-16-5-4-6-17(24)13-16/h2-13H,14-15H2,1H3,(H,25,28). The van der Waals surface area contributed by atoms with E-state index in [1.165, 1.54) is 23.9 Å². The number of para-hydroxylation sites is 2. The maximum absolute atomic E-state index is 13.6. The normalized spacial score (nSPS) is 10.9. The van der Waals surface area contributed by atoms with E-state index >= 15 is 0 Å². The average Bonchev–Trinajstić information content (AvgIpc) is 3.10. The highest BCUT2D eigenvalue weighted by atomic mass is 32.2. The Bertz CT molecular complexity index is 1170. The number of rotatable bonds is 7. The molecule has 152 valence electrons. The molecule has 0 unspecified atom stereocenters. The quantitative estimate of drug-likeness (QED) is 0.429. The Morgan fingerprint density at radius 1 is 1.10 bits per heavy atom. The molecule has 4 aromatic rings. The Morgan fingerprint density at radius 3 is 2.67 bits per heavy atom. The molecule has 1 heterocycles. The molecule has 0 atom stereocenters. The molecule has 0 radical (unpaired) electrons. The Balaban J connectivity index is 1.51. The summed E-state index contributed by atoms with van der Waals surface area (Å²) in [4.78, 5) is 17.1. The van der Waals surface area contributed by atoms with Crippen LogP contribution in [-0.4, -0.2) is 28.3 Å². The van der Waals surface area contributed by atoms with E-state index in [9.17, 15) is 9.18 Å². The number of benzene rings is 3. The molecule has 4 rings (SSSR count). The Hall–Kier alpha value is -3.32. The van der Waals surface area contributed by atoms with E-state index in [4.69, 9.17) is 4.74 Å². The number of fused-ring (bicyclic) bond motifs is 1. The van der Waals surface area contributed by atoms with Crippen molar-refractivity contribution in [3.05, 3.63) is 84.2 Å². The minimum atomic E-state index is -0.273. The van der Waals surface area contributed by atoms with Gasteiger partial charge in [0.15, 0.2) is 5.16 Å². The summed E-state index contributed by atoms with van der Waals surface area (Å²) in [5.74, 6) is 0.534. The predicted molar refractivity (Wildman–Crippen MR) is 118 cm³/mol. The van der Waals surface area contributed by atoms with Gasteiger partial charge in [-0.05, 0) is 54.1 Å². The van der Waals surface area contributed by atoms with Gasteiger partial charge in [-0.2, -0.15) is 0 Å². The van der Waals surface area contributed by atoms with Crippen molar-refractivity contribution in [2.45, 2.75) is 11.7 Å². The molecule has 0 aliphatic heterocycles. The first-order valence-corrected chi connectivity index (χ1v) is 10.4. The largest absolute Gasteiger partial charge is 0.497 e. The zero-order valence-electron chi connectivity index (χ0n) is 16.3. The summed E-state index contributed by atoms with van der Waals surface area (Å²) in [5.41, 5.74) is 3.32. The fraction of sp³-hybridized carbons (Fsp3) is 0.130. The van der Waals surface area contributed by atoms with Gasteiger partial charge in [0.1, 0.15) is 11.6 Å². The average molecular weight is 421 g/mol. The number of thioether (sulfide) groups is 1. The molecular formula is C23H20FN3O2S. The second-order valence-corrected chi connectivity index (χ2v) is 7.61. The SMILES string of the molecule is COc1ccc(NC(=O)CSc2nc3ccccc3n2Cc2cccc(F)c2)cc1. The summed E-state index contributed by atoms with van der Waals surface area (Å²) in [6.45, 7) is 0.473. The lowest BCUT2D eigenvalue weighted by Crippen LogP contribution is -2.14. The molecule has 0 aliphatic carbocycles. The third-order valence-corrected chi connectivity index (χ3v) is 5.53. The molecule has 5 nitrogen and oxygen atoms in total. The molecule has 0 saturated heterocycles. The Morgan fingerprint density at radius 2 is 1.90 bits per heavy atom. The number of methoxy groups -OCH3 is 1. The minimum absolute atomic E-state index is 0.130. The lowest BCUT2D eigenvalue weighted by atomic mass is 10.2. The summed E-state index contributed by atoms with van der Waals surface area (Å²) >= 11 is 1.35. The lowest BCUT2D eigenvalue weighted by molar-refractivity contribution is -0.113. The van der Waals surface area contributed by atoms with Gasteiger partial charge in [-0.25, -0.2) is 9.37 Å². The van der Waals surface area contributed by atoms with Crippen molar-refractivity contribution in [2.75, 3.05) is 18.2 Å². The third-order valence-electron chi connectivity index (χ3n) is 4.56. The van der Waals surface area contributed by atoms with E-state index in [2.05, 4.69) is 10.3 Å². The molecule has 1 aromatic heterocycles. The van der Waals surface area contributed by atoms with Crippen LogP contribution >= 0.6 is 11.8 Å². The van der Waals surface area contributed by atoms with Crippen LogP contribution in [0.5, 0.6) is 5.75 Å². The molecular weight excluding hydrogens is 401 g/mol. The van der Waals surface area contributed by atoms with Gasteiger partial charge in [0.25, 0.3) is 0 Å². The minimum Gasteiger partial charge on any atom is -0.497 e. The van der Waals surface area contributed by atoms with Crippen LogP contribution in [0.3, 0.4) is 0 Å². The van der Waals surface area contributed by atoms with E-state index in [1.54, 1.807) is 37.4 Å². The van der Waals surface area contributed by atoms with E-state index in [1.807, 2.05) is 34.9 Å². The van der Waals surface area contributed by atoms with Crippen molar-refractivity contribution in [3.63, 3.8) is 0 Å². The van der Waals surface area contributed by atoms with Gasteiger partial charge in [0.2, 0.25) is 5.91 Å². The maximum Gasteiger partial charge on any atom is 0.234 e. The first-order valence-electron chi connectivity index (χ1n) is 9.39. The van der Waals surface area contributed by atoms with Crippen molar-refractivity contribution in [2.24, 2.45) is 0 Å². The van der Waals surface area contributed by atoms with Gasteiger partial charge in [0, 0.05) is 5.69 Å². The highest BCUT2D eigenvalue weighted by Gasteiger charge is 2.14. The van der Waals surface area contributed by atoms with E-state index < -0.39 is 0 Å². The summed E-state index contributed by atoms with van der Waals surface area (Å²) in [6.07, 6.45) is 0. The van der Waals surface area contributed by atoms with Gasteiger partial charge >= 0.3 is 0 Å². The molecule has 0 aliphatic rings. The lowest BCUT2D eigenvalue weighted by Gasteiger charge is -2.10. The van der Waals surface area contributed by atoms with Crippen molar-refractivity contribution < 1.29 is 13.9 Å². The van der Waals surface area contributed by atoms with Gasteiger partial charge in [0.05, 0.1) is 30.4 Å². The zero-order valence-corrected chi connectivity index (χ0v) is 17.2. The van der Waals surface area contributed by atoms with Crippen LogP contribution in [0.4, 0.5) is 10.1 Å². The van der Waals surface area contributed by atoms with Crippen LogP contribution in [0.25, 0.3) is 11.0 Å². The number of ether oxygens (including phenoxy) is 1. The van der Waals surface area contributed by atoms with E-state index in [0.29, 0.717) is 17.4 Å². The fourth-order valence-corrected chi connectivity index (χ4v) is 3.95. The number of nitrogens with zero attached hydrogens (tertiary/aromatic N) is 2. The second-order valence-electron chi connectivity index (χ2n) is 6.66. The van der Waals surface area contributed by atoms with Crippen molar-refractivity contribution in [1.29, 1.82) is 0 Å². The summed E-state index contributed by atoms with van der Waals surface area (Å²) in [5, 5.41) is 3.59. The molecule has 0 saturated carbocycles. The van der Waals surface area contributed by atoms with Gasteiger partial charge in [-0.15, -0.1) is 0 Å². The summed E-state index contributed by atoms with van der Waals surface area (Å²) in [6, 6.07) is 21.4. The van der Waals surface area contributed by atoms with Gasteiger partial charge < -0.3 is 14.6 Å².